The van der Waals surface area contributed by atoms with E-state index in [-0.39, 0.29) is 25.4 Å². The Kier molecular flexibility index (Phi) is 8.10. The first-order chi connectivity index (χ1) is 15.5. The minimum absolute atomic E-state index is 0.117. The third-order valence-electron chi connectivity index (χ3n) is 5.28. The van der Waals surface area contributed by atoms with Crippen LogP contribution in [0.1, 0.15) is 30.9 Å². The average Bonchev–Trinajstić information content (AvgIpc) is 3.18. The van der Waals surface area contributed by atoms with Gasteiger partial charge in [-0.1, -0.05) is 60.7 Å². The number of carbonyl (C=O) groups is 4. The Balaban J connectivity index is 1.74. The van der Waals surface area contributed by atoms with Crippen LogP contribution in [0, 0.1) is 0 Å². The third kappa shape index (κ3) is 6.01. The van der Waals surface area contributed by atoms with Gasteiger partial charge in [-0.2, -0.15) is 0 Å². The molecule has 0 bridgehead atoms. The molecule has 0 aliphatic carbocycles. The van der Waals surface area contributed by atoms with Crippen molar-refractivity contribution in [3.8, 4) is 0 Å². The molecule has 0 spiro atoms. The zero-order valence-corrected chi connectivity index (χ0v) is 18.0. The van der Waals surface area contributed by atoms with E-state index in [9.17, 15) is 19.2 Å². The first kappa shape index (κ1) is 23.1. The fourth-order valence-electron chi connectivity index (χ4n) is 3.66. The van der Waals surface area contributed by atoms with E-state index in [1.807, 2.05) is 60.7 Å². The standard InChI is InChI=1S/C24H27N3O5/c1-2-32-26-24(31)22(29)19(15-17-9-5-3-6-10-17)25-23(30)20-13-14-21(28)27(20)16-18-11-7-4-8-12-18/h3-12,19-20H,2,13-16H2,1H3,(H,25,30)(H,26,31). The second-order valence-electron chi connectivity index (χ2n) is 7.54. The number of Topliss-reactive ketones (excluding diaryl/α,β-unsaturated/α-hetero) is 1. The summed E-state index contributed by atoms with van der Waals surface area (Å²) in [5.41, 5.74) is 3.79. The summed E-state index contributed by atoms with van der Waals surface area (Å²) < 4.78 is 0. The van der Waals surface area contributed by atoms with Crippen LogP contribution < -0.4 is 10.8 Å². The highest BCUT2D eigenvalue weighted by atomic mass is 16.6. The van der Waals surface area contributed by atoms with Crippen molar-refractivity contribution in [1.82, 2.24) is 15.7 Å². The van der Waals surface area contributed by atoms with Gasteiger partial charge in [0.1, 0.15) is 12.1 Å². The molecule has 0 saturated carbocycles. The second kappa shape index (κ2) is 11.2. The van der Waals surface area contributed by atoms with Crippen LogP contribution in [0.4, 0.5) is 0 Å². The summed E-state index contributed by atoms with van der Waals surface area (Å²) in [6, 6.07) is 16.7. The lowest BCUT2D eigenvalue weighted by atomic mass is 10.0. The highest BCUT2D eigenvalue weighted by molar-refractivity contribution is 6.38. The van der Waals surface area contributed by atoms with Crippen molar-refractivity contribution in [2.75, 3.05) is 6.61 Å². The molecule has 0 aromatic heterocycles. The number of nitrogens with one attached hydrogen (secondary N) is 2. The predicted molar refractivity (Wildman–Crippen MR) is 117 cm³/mol. The lowest BCUT2D eigenvalue weighted by Gasteiger charge is -2.26. The van der Waals surface area contributed by atoms with Crippen molar-refractivity contribution in [3.05, 3.63) is 71.8 Å². The number of benzene rings is 2. The van der Waals surface area contributed by atoms with Gasteiger partial charge in [0.15, 0.2) is 0 Å². The van der Waals surface area contributed by atoms with Gasteiger partial charge in [-0.05, 0) is 24.5 Å². The molecular formula is C24H27N3O5. The summed E-state index contributed by atoms with van der Waals surface area (Å²) in [5.74, 6) is -2.31. The Labute approximate surface area is 186 Å². The molecule has 1 aliphatic rings. The molecule has 2 unspecified atom stereocenters. The van der Waals surface area contributed by atoms with Gasteiger partial charge in [0.2, 0.25) is 17.6 Å². The molecule has 2 N–H and O–H groups in total. The Hall–Kier alpha value is -3.52. The van der Waals surface area contributed by atoms with Crippen molar-refractivity contribution < 1.29 is 24.0 Å². The van der Waals surface area contributed by atoms with E-state index in [1.54, 1.807) is 6.92 Å². The van der Waals surface area contributed by atoms with Crippen molar-refractivity contribution in [2.24, 2.45) is 0 Å². The third-order valence-corrected chi connectivity index (χ3v) is 5.28. The Morgan fingerprint density at radius 3 is 2.28 bits per heavy atom. The van der Waals surface area contributed by atoms with Gasteiger partial charge >= 0.3 is 5.91 Å². The molecule has 32 heavy (non-hydrogen) atoms. The van der Waals surface area contributed by atoms with E-state index in [2.05, 4.69) is 10.8 Å². The van der Waals surface area contributed by atoms with Crippen molar-refractivity contribution in [2.45, 2.75) is 44.8 Å². The van der Waals surface area contributed by atoms with Crippen LogP contribution in [0.2, 0.25) is 0 Å². The van der Waals surface area contributed by atoms with Crippen LogP contribution in [0.5, 0.6) is 0 Å². The largest absolute Gasteiger partial charge is 0.344 e. The van der Waals surface area contributed by atoms with Crippen LogP contribution in [0.3, 0.4) is 0 Å². The quantitative estimate of drug-likeness (QED) is 0.433. The van der Waals surface area contributed by atoms with Crippen molar-refractivity contribution in [3.63, 3.8) is 0 Å². The Morgan fingerprint density at radius 1 is 1.03 bits per heavy atom. The molecule has 3 rings (SSSR count). The predicted octanol–water partition coefficient (Wildman–Crippen LogP) is 1.54. The number of hydroxylamine groups is 1. The number of rotatable bonds is 10. The fourth-order valence-corrected chi connectivity index (χ4v) is 3.66. The average molecular weight is 437 g/mol. The van der Waals surface area contributed by atoms with Crippen LogP contribution >= 0.6 is 0 Å². The van der Waals surface area contributed by atoms with Crippen LogP contribution in [-0.4, -0.2) is 47.1 Å². The molecule has 1 saturated heterocycles. The molecule has 1 aliphatic heterocycles. The van der Waals surface area contributed by atoms with Crippen LogP contribution in [-0.2, 0) is 37.0 Å². The highest BCUT2D eigenvalue weighted by Crippen LogP contribution is 2.22. The summed E-state index contributed by atoms with van der Waals surface area (Å²) in [6.07, 6.45) is 0.756. The Morgan fingerprint density at radius 2 is 1.66 bits per heavy atom. The van der Waals surface area contributed by atoms with Crippen LogP contribution in [0.15, 0.2) is 60.7 Å². The van der Waals surface area contributed by atoms with Gasteiger partial charge in [-0.3, -0.25) is 24.0 Å². The topological polar surface area (TPSA) is 105 Å². The van der Waals surface area contributed by atoms with E-state index in [1.165, 1.54) is 4.90 Å². The van der Waals surface area contributed by atoms with Gasteiger partial charge in [0.25, 0.3) is 0 Å². The molecule has 2 aromatic carbocycles. The maximum absolute atomic E-state index is 13.1. The fraction of sp³-hybridized carbons (Fsp3) is 0.333. The van der Waals surface area contributed by atoms with E-state index in [4.69, 9.17) is 4.84 Å². The van der Waals surface area contributed by atoms with Gasteiger partial charge < -0.3 is 10.2 Å². The Bertz CT molecular complexity index is 949. The summed E-state index contributed by atoms with van der Waals surface area (Å²) in [7, 11) is 0. The number of carbonyl (C=O) groups excluding carboxylic acids is 4. The van der Waals surface area contributed by atoms with E-state index in [0.717, 1.165) is 11.1 Å². The number of amides is 3. The minimum Gasteiger partial charge on any atom is -0.344 e. The minimum atomic E-state index is -1.08. The van der Waals surface area contributed by atoms with Crippen molar-refractivity contribution in [1.29, 1.82) is 0 Å². The van der Waals surface area contributed by atoms with E-state index in [0.29, 0.717) is 13.0 Å². The van der Waals surface area contributed by atoms with Gasteiger partial charge in [0.05, 0.1) is 6.61 Å². The molecule has 8 nitrogen and oxygen atoms in total. The smallest absolute Gasteiger partial charge is 0.313 e. The molecular weight excluding hydrogens is 410 g/mol. The van der Waals surface area contributed by atoms with Crippen molar-refractivity contribution >= 4 is 23.5 Å². The SMILES string of the molecule is CCONC(=O)C(=O)C(Cc1ccccc1)NC(=O)C1CCC(=O)N1Cc1ccccc1. The lowest BCUT2D eigenvalue weighted by molar-refractivity contribution is -0.147. The first-order valence-corrected chi connectivity index (χ1v) is 10.6. The van der Waals surface area contributed by atoms with Gasteiger partial charge in [0, 0.05) is 19.4 Å². The maximum Gasteiger partial charge on any atom is 0.313 e. The first-order valence-electron chi connectivity index (χ1n) is 10.6. The summed E-state index contributed by atoms with van der Waals surface area (Å²) in [4.78, 5) is 56.8. The zero-order valence-electron chi connectivity index (χ0n) is 18.0. The summed E-state index contributed by atoms with van der Waals surface area (Å²) in [6.45, 7) is 2.18. The number of ketones is 1. The van der Waals surface area contributed by atoms with E-state index >= 15 is 0 Å². The maximum atomic E-state index is 13.1. The molecule has 1 fully saturated rings. The molecule has 2 atom stereocenters. The molecule has 3 amide bonds. The molecule has 1 heterocycles. The second-order valence-corrected chi connectivity index (χ2v) is 7.54. The van der Waals surface area contributed by atoms with Gasteiger partial charge in [-0.25, -0.2) is 5.48 Å². The summed E-state index contributed by atoms with van der Waals surface area (Å²) >= 11 is 0. The molecule has 168 valence electrons. The van der Waals surface area contributed by atoms with Crippen LogP contribution in [0.25, 0.3) is 0 Å². The highest BCUT2D eigenvalue weighted by Gasteiger charge is 2.38. The molecule has 8 heteroatoms. The van der Waals surface area contributed by atoms with E-state index < -0.39 is 29.7 Å². The monoisotopic (exact) mass is 437 g/mol. The number of hydrogen-bond acceptors (Lipinski definition) is 5. The summed E-state index contributed by atoms with van der Waals surface area (Å²) in [5, 5.41) is 2.70. The number of nitrogens with zero attached hydrogens (tertiary/aromatic N) is 1. The zero-order chi connectivity index (χ0) is 22.9. The molecule has 0 radical (unpaired) electrons. The number of likely N-dealkylation sites (tertiary alicyclic amines) is 1. The normalized spacial score (nSPS) is 16.5. The number of hydrogen-bond donors (Lipinski definition) is 2. The molecule has 2 aromatic rings. The lowest BCUT2D eigenvalue weighted by Crippen LogP contribution is -2.53. The van der Waals surface area contributed by atoms with Gasteiger partial charge in [-0.15, -0.1) is 0 Å².